The Kier molecular flexibility index (Phi) is 7.91. The van der Waals surface area contributed by atoms with Gasteiger partial charge in [0.25, 0.3) is 0 Å². The van der Waals surface area contributed by atoms with E-state index in [0.717, 1.165) is 5.56 Å². The fraction of sp³-hybridized carbons (Fsp3) is 0.526. The van der Waals surface area contributed by atoms with E-state index in [1.807, 2.05) is 0 Å². The number of aromatic nitrogens is 2. The molecule has 0 radical (unpaired) electrons. The maximum Gasteiger partial charge on any atom is 0.319 e. The van der Waals surface area contributed by atoms with Crippen molar-refractivity contribution in [3.63, 3.8) is 0 Å². The number of esters is 1. The molecule has 0 aliphatic carbocycles. The molecule has 0 aliphatic heterocycles. The van der Waals surface area contributed by atoms with E-state index in [4.69, 9.17) is 37.0 Å². The van der Waals surface area contributed by atoms with Crippen LogP contribution in [0.25, 0.3) is 0 Å². The smallest absolute Gasteiger partial charge is 0.319 e. The Morgan fingerprint density at radius 2 is 1.86 bits per heavy atom. The highest BCUT2D eigenvalue weighted by atomic mass is 35.5. The molecule has 2 aromatic rings. The van der Waals surface area contributed by atoms with Crippen molar-refractivity contribution in [2.45, 2.75) is 51.8 Å². The largest absolute Gasteiger partial charge is 0.459 e. The lowest BCUT2D eigenvalue weighted by Gasteiger charge is -2.26. The monoisotopic (exact) mass is 462 g/mol. The topological polar surface area (TPSA) is 91.5 Å². The van der Waals surface area contributed by atoms with Crippen molar-refractivity contribution < 1.29 is 23.1 Å². The Morgan fingerprint density at radius 1 is 1.24 bits per heavy atom. The molecular formula is C19H25Cl2N2O5P. The molecule has 2 atom stereocenters. The van der Waals surface area contributed by atoms with Crippen LogP contribution in [0.15, 0.2) is 22.7 Å². The van der Waals surface area contributed by atoms with Crippen LogP contribution in [-0.4, -0.2) is 40.6 Å². The van der Waals surface area contributed by atoms with Gasteiger partial charge in [0.2, 0.25) is 13.3 Å². The Hall–Kier alpha value is -1.40. The van der Waals surface area contributed by atoms with Crippen molar-refractivity contribution >= 4 is 36.5 Å². The number of rotatable bonds is 8. The number of halogens is 2. The molecule has 2 rings (SSSR count). The average molecular weight is 463 g/mol. The second-order valence-electron chi connectivity index (χ2n) is 7.64. The first-order chi connectivity index (χ1) is 13.4. The zero-order chi connectivity index (χ0) is 21.8. The minimum Gasteiger partial charge on any atom is -0.459 e. The van der Waals surface area contributed by atoms with Crippen molar-refractivity contribution in [3.05, 3.63) is 45.5 Å². The lowest BCUT2D eigenvalue weighted by Crippen LogP contribution is -2.33. The van der Waals surface area contributed by atoms with Gasteiger partial charge in [-0.1, -0.05) is 28.4 Å². The predicted molar refractivity (Wildman–Crippen MR) is 112 cm³/mol. The first kappa shape index (κ1) is 23.9. The Morgan fingerprint density at radius 3 is 2.41 bits per heavy atom. The van der Waals surface area contributed by atoms with Gasteiger partial charge in [-0.3, -0.25) is 9.36 Å². The van der Waals surface area contributed by atoms with E-state index in [0.29, 0.717) is 22.3 Å². The lowest BCUT2D eigenvalue weighted by atomic mass is 10.1. The molecule has 0 saturated heterocycles. The minimum absolute atomic E-state index is 0.0496. The van der Waals surface area contributed by atoms with Crippen molar-refractivity contribution in [2.24, 2.45) is 0 Å². The summed E-state index contributed by atoms with van der Waals surface area (Å²) < 4.78 is 29.0. The van der Waals surface area contributed by atoms with E-state index in [1.54, 1.807) is 45.9 Å². The Labute approximate surface area is 180 Å². The summed E-state index contributed by atoms with van der Waals surface area (Å²) in [5.41, 5.74) is -0.961. The summed E-state index contributed by atoms with van der Waals surface area (Å²) in [6.07, 6.45) is 0.294. The normalized spacial score (nSPS) is 15.0. The van der Waals surface area contributed by atoms with Crippen LogP contribution in [-0.2, 0) is 31.5 Å². The Balaban J connectivity index is 2.20. The molecule has 0 fully saturated rings. The van der Waals surface area contributed by atoms with Crippen molar-refractivity contribution in [1.82, 2.24) is 10.1 Å². The summed E-state index contributed by atoms with van der Waals surface area (Å²) in [5.74, 6) is -0.0625. The summed E-state index contributed by atoms with van der Waals surface area (Å²) in [7, 11) is -3.32. The maximum atomic E-state index is 13.0. The quantitative estimate of drug-likeness (QED) is 0.394. The summed E-state index contributed by atoms with van der Waals surface area (Å²) in [6, 6.07) is 5.14. The number of benzene rings is 1. The van der Waals surface area contributed by atoms with Crippen LogP contribution in [0.1, 0.15) is 45.0 Å². The number of nitrogens with zero attached hydrogens (tertiary/aromatic N) is 2. The van der Waals surface area contributed by atoms with Crippen LogP contribution < -0.4 is 0 Å². The van der Waals surface area contributed by atoms with E-state index in [-0.39, 0.29) is 18.9 Å². The van der Waals surface area contributed by atoms with Gasteiger partial charge in [-0.15, -0.1) is 0 Å². The zero-order valence-electron chi connectivity index (χ0n) is 17.1. The van der Waals surface area contributed by atoms with Crippen LogP contribution in [0.4, 0.5) is 0 Å². The summed E-state index contributed by atoms with van der Waals surface area (Å²) in [4.78, 5) is 17.0. The molecule has 0 saturated carbocycles. The van der Waals surface area contributed by atoms with Gasteiger partial charge >= 0.3 is 5.97 Å². The molecule has 1 heterocycles. The van der Waals surface area contributed by atoms with Crippen molar-refractivity contribution in [2.75, 3.05) is 13.3 Å². The molecule has 1 aromatic carbocycles. The van der Waals surface area contributed by atoms with Crippen LogP contribution in [0.5, 0.6) is 0 Å². The van der Waals surface area contributed by atoms with Crippen molar-refractivity contribution in [1.29, 1.82) is 0 Å². The van der Waals surface area contributed by atoms with Crippen LogP contribution in [0.2, 0.25) is 10.0 Å². The minimum atomic E-state index is -3.32. The molecule has 29 heavy (non-hydrogen) atoms. The third-order valence-corrected chi connectivity index (χ3v) is 6.53. The van der Waals surface area contributed by atoms with E-state index in [1.165, 1.54) is 6.66 Å². The molecule has 0 amide bonds. The fourth-order valence-corrected chi connectivity index (χ4v) is 4.85. The number of hydrogen-bond donors (Lipinski definition) is 0. The first-order valence-electron chi connectivity index (χ1n) is 9.10. The predicted octanol–water partition coefficient (Wildman–Crippen LogP) is 5.16. The van der Waals surface area contributed by atoms with Gasteiger partial charge in [-0.05, 0) is 51.5 Å². The second kappa shape index (κ2) is 9.61. The standard InChI is InChI=1S/C19H25Cl2N2O5P/c1-6-26-29(5,25)15(18(24)27-19(2,3)4)11-17-22-16(23-28-17)9-12-7-13(20)10-14(21)8-12/h7-8,10,15H,6,9,11H2,1-5H3. The van der Waals surface area contributed by atoms with E-state index in [9.17, 15) is 9.36 Å². The molecule has 10 heteroatoms. The number of ether oxygens (including phenoxy) is 1. The highest BCUT2D eigenvalue weighted by molar-refractivity contribution is 7.60. The summed E-state index contributed by atoms with van der Waals surface area (Å²) >= 11 is 12.0. The summed E-state index contributed by atoms with van der Waals surface area (Å²) in [6.45, 7) is 8.55. The number of carbonyl (C=O) groups excluding carboxylic acids is 1. The number of carbonyl (C=O) groups is 1. The van der Waals surface area contributed by atoms with Crippen LogP contribution >= 0.6 is 30.6 Å². The molecule has 0 spiro atoms. The molecule has 7 nitrogen and oxygen atoms in total. The number of hydrogen-bond acceptors (Lipinski definition) is 7. The van der Waals surface area contributed by atoms with Gasteiger partial charge in [0.1, 0.15) is 11.3 Å². The van der Waals surface area contributed by atoms with Gasteiger partial charge in [0.15, 0.2) is 5.82 Å². The van der Waals surface area contributed by atoms with Crippen LogP contribution in [0.3, 0.4) is 0 Å². The lowest BCUT2D eigenvalue weighted by molar-refractivity contribution is -0.154. The molecular weight excluding hydrogens is 438 g/mol. The third kappa shape index (κ3) is 7.41. The highest BCUT2D eigenvalue weighted by Gasteiger charge is 2.40. The zero-order valence-corrected chi connectivity index (χ0v) is 19.5. The van der Waals surface area contributed by atoms with E-state index in [2.05, 4.69) is 10.1 Å². The molecule has 160 valence electrons. The van der Waals surface area contributed by atoms with E-state index >= 15 is 0 Å². The van der Waals surface area contributed by atoms with Crippen LogP contribution in [0, 0.1) is 0 Å². The highest BCUT2D eigenvalue weighted by Crippen LogP contribution is 2.50. The fourth-order valence-electron chi connectivity index (χ4n) is 2.66. The third-order valence-electron chi connectivity index (χ3n) is 3.79. The average Bonchev–Trinajstić information content (AvgIpc) is 2.96. The van der Waals surface area contributed by atoms with Gasteiger partial charge < -0.3 is 13.8 Å². The van der Waals surface area contributed by atoms with Gasteiger partial charge in [-0.25, -0.2) is 0 Å². The summed E-state index contributed by atoms with van der Waals surface area (Å²) in [5, 5.41) is 4.94. The SMILES string of the molecule is CCOP(C)(=O)C(Cc1nc(Cc2cc(Cl)cc(Cl)c2)no1)C(=O)OC(C)(C)C. The molecule has 0 aliphatic rings. The molecule has 0 N–H and O–H groups in total. The molecule has 2 unspecified atom stereocenters. The van der Waals surface area contributed by atoms with E-state index < -0.39 is 24.6 Å². The second-order valence-corrected chi connectivity index (χ2v) is 11.2. The van der Waals surface area contributed by atoms with Gasteiger partial charge in [-0.2, -0.15) is 4.98 Å². The van der Waals surface area contributed by atoms with Gasteiger partial charge in [0.05, 0.1) is 6.61 Å². The maximum absolute atomic E-state index is 13.0. The van der Waals surface area contributed by atoms with Crippen molar-refractivity contribution in [3.8, 4) is 0 Å². The molecule has 1 aromatic heterocycles. The molecule has 0 bridgehead atoms. The Bertz CT molecular complexity index is 890. The van der Waals surface area contributed by atoms with Gasteiger partial charge in [0, 0.05) is 29.6 Å². The first-order valence-corrected chi connectivity index (χ1v) is 12.0.